The van der Waals surface area contributed by atoms with Gasteiger partial charge in [-0.15, -0.1) is 0 Å². The average molecular weight is 610 g/mol. The zero-order valence-electron chi connectivity index (χ0n) is 17.9. The molecule has 1 saturated heterocycles. The van der Waals surface area contributed by atoms with E-state index in [2.05, 4.69) is 22.6 Å². The van der Waals surface area contributed by atoms with E-state index in [0.717, 1.165) is 20.2 Å². The van der Waals surface area contributed by atoms with Gasteiger partial charge in [-0.1, -0.05) is 35.9 Å². The SMILES string of the molecule is CCOc1cc(/C=C2/SC(=O)N(c3cccc(Cl)c3)C2=O)cc(I)c1OCc1ccccc1F. The maximum Gasteiger partial charge on any atom is 0.298 e. The van der Waals surface area contributed by atoms with Gasteiger partial charge in [0, 0.05) is 10.6 Å². The molecule has 3 aromatic rings. The number of hydrogen-bond acceptors (Lipinski definition) is 5. The second-order valence-corrected chi connectivity index (χ2v) is 9.73. The van der Waals surface area contributed by atoms with Crippen LogP contribution in [0.25, 0.3) is 6.08 Å². The van der Waals surface area contributed by atoms with Crippen LogP contribution in [0, 0.1) is 9.39 Å². The summed E-state index contributed by atoms with van der Waals surface area (Å²) in [5.41, 5.74) is 1.52. The number of carbonyl (C=O) groups is 2. The fourth-order valence-electron chi connectivity index (χ4n) is 3.30. The number of ether oxygens (including phenoxy) is 2. The molecule has 0 spiro atoms. The molecule has 1 aliphatic heterocycles. The lowest BCUT2D eigenvalue weighted by molar-refractivity contribution is -0.113. The number of benzene rings is 3. The molecule has 0 radical (unpaired) electrons. The van der Waals surface area contributed by atoms with Gasteiger partial charge in [-0.2, -0.15) is 0 Å². The van der Waals surface area contributed by atoms with Crippen molar-refractivity contribution in [1.82, 2.24) is 0 Å². The predicted octanol–water partition coefficient (Wildman–Crippen LogP) is 7.30. The maximum absolute atomic E-state index is 14.0. The van der Waals surface area contributed by atoms with Crippen molar-refractivity contribution in [2.24, 2.45) is 0 Å². The highest BCUT2D eigenvalue weighted by Gasteiger charge is 2.36. The lowest BCUT2D eigenvalue weighted by Crippen LogP contribution is -2.27. The summed E-state index contributed by atoms with van der Waals surface area (Å²) in [6, 6.07) is 16.5. The number of hydrogen-bond donors (Lipinski definition) is 0. The van der Waals surface area contributed by atoms with Crippen LogP contribution in [0.4, 0.5) is 14.9 Å². The molecule has 1 fully saturated rings. The number of amides is 2. The van der Waals surface area contributed by atoms with E-state index >= 15 is 0 Å². The molecular formula is C25H18ClFINO4S. The van der Waals surface area contributed by atoms with Crippen molar-refractivity contribution in [2.45, 2.75) is 13.5 Å². The van der Waals surface area contributed by atoms with Crippen molar-refractivity contribution < 1.29 is 23.5 Å². The number of imide groups is 1. The average Bonchev–Trinajstić information content (AvgIpc) is 3.07. The molecule has 4 rings (SSSR count). The topological polar surface area (TPSA) is 55.8 Å². The van der Waals surface area contributed by atoms with E-state index in [9.17, 15) is 14.0 Å². The van der Waals surface area contributed by atoms with Crippen LogP contribution < -0.4 is 14.4 Å². The molecule has 5 nitrogen and oxygen atoms in total. The van der Waals surface area contributed by atoms with Crippen molar-refractivity contribution in [3.8, 4) is 11.5 Å². The molecule has 0 aliphatic carbocycles. The largest absolute Gasteiger partial charge is 0.490 e. The molecule has 3 aromatic carbocycles. The van der Waals surface area contributed by atoms with Gasteiger partial charge in [0.25, 0.3) is 11.1 Å². The quantitative estimate of drug-likeness (QED) is 0.208. The molecule has 0 N–H and O–H groups in total. The molecule has 1 aliphatic rings. The minimum atomic E-state index is -0.426. The molecule has 0 saturated carbocycles. The van der Waals surface area contributed by atoms with Crippen LogP contribution in [-0.4, -0.2) is 17.8 Å². The lowest BCUT2D eigenvalue weighted by Gasteiger charge is -2.15. The Hall–Kier alpha value is -2.56. The molecule has 2 amide bonds. The zero-order valence-corrected chi connectivity index (χ0v) is 21.6. The van der Waals surface area contributed by atoms with Crippen LogP contribution in [0.5, 0.6) is 11.5 Å². The first-order chi connectivity index (χ1) is 16.4. The van der Waals surface area contributed by atoms with Gasteiger partial charge in [0.2, 0.25) is 0 Å². The smallest absolute Gasteiger partial charge is 0.298 e. The summed E-state index contributed by atoms with van der Waals surface area (Å²) in [6.45, 7) is 2.28. The van der Waals surface area contributed by atoms with Gasteiger partial charge in [0.1, 0.15) is 12.4 Å². The summed E-state index contributed by atoms with van der Waals surface area (Å²) >= 11 is 8.98. The van der Waals surface area contributed by atoms with Crippen LogP contribution in [0.2, 0.25) is 5.02 Å². The van der Waals surface area contributed by atoms with Gasteiger partial charge in [-0.05, 0) is 89.3 Å². The van der Waals surface area contributed by atoms with Crippen LogP contribution in [0.15, 0.2) is 65.6 Å². The minimum absolute atomic E-state index is 0.0423. The predicted molar refractivity (Wildman–Crippen MR) is 141 cm³/mol. The van der Waals surface area contributed by atoms with Gasteiger partial charge in [0.05, 0.1) is 20.8 Å². The molecule has 0 bridgehead atoms. The van der Waals surface area contributed by atoms with Crippen LogP contribution in [0.3, 0.4) is 0 Å². The number of halogens is 3. The molecule has 9 heteroatoms. The summed E-state index contributed by atoms with van der Waals surface area (Å²) in [4.78, 5) is 26.9. The standard InChI is InChI=1S/C25H18ClFINO4S/c1-2-32-21-11-15(10-20(28)23(21)33-14-16-6-3-4-9-19(16)27)12-22-24(30)29(25(31)34-22)18-8-5-7-17(26)13-18/h3-13H,2,14H2,1H3/b22-12+. The number of anilines is 1. The summed E-state index contributed by atoms with van der Waals surface area (Å²) in [6.07, 6.45) is 1.64. The number of carbonyl (C=O) groups excluding carboxylic acids is 2. The Balaban J connectivity index is 1.61. The fourth-order valence-corrected chi connectivity index (χ4v) is 5.10. The normalized spacial score (nSPS) is 14.7. The molecule has 0 unspecified atom stereocenters. The van der Waals surface area contributed by atoms with Crippen LogP contribution in [0.1, 0.15) is 18.1 Å². The van der Waals surface area contributed by atoms with Crippen molar-refractivity contribution in [1.29, 1.82) is 0 Å². The minimum Gasteiger partial charge on any atom is -0.490 e. The van der Waals surface area contributed by atoms with E-state index in [-0.39, 0.29) is 17.3 Å². The van der Waals surface area contributed by atoms with Gasteiger partial charge in [0.15, 0.2) is 11.5 Å². The Morgan fingerprint density at radius 3 is 2.62 bits per heavy atom. The van der Waals surface area contributed by atoms with Gasteiger partial charge >= 0.3 is 0 Å². The number of thioether (sulfide) groups is 1. The highest BCUT2D eigenvalue weighted by atomic mass is 127. The Morgan fingerprint density at radius 1 is 1.09 bits per heavy atom. The third kappa shape index (κ3) is 5.39. The summed E-state index contributed by atoms with van der Waals surface area (Å²) in [5, 5.41) is 0.0329. The van der Waals surface area contributed by atoms with Gasteiger partial charge in [-0.25, -0.2) is 9.29 Å². The highest BCUT2D eigenvalue weighted by Crippen LogP contribution is 2.39. The third-order valence-corrected chi connectivity index (χ3v) is 6.73. The molecule has 34 heavy (non-hydrogen) atoms. The van der Waals surface area contributed by atoms with Gasteiger partial charge in [-0.3, -0.25) is 9.59 Å². The molecule has 174 valence electrons. The van der Waals surface area contributed by atoms with E-state index < -0.39 is 11.1 Å². The number of rotatable bonds is 7. The first-order valence-electron chi connectivity index (χ1n) is 10.2. The Labute approximate surface area is 219 Å². The number of nitrogens with zero attached hydrogens (tertiary/aromatic N) is 1. The fraction of sp³-hybridized carbons (Fsp3) is 0.120. The van der Waals surface area contributed by atoms with Gasteiger partial charge < -0.3 is 9.47 Å². The van der Waals surface area contributed by atoms with E-state index in [1.54, 1.807) is 54.6 Å². The molecule has 0 aromatic heterocycles. The van der Waals surface area contributed by atoms with Crippen LogP contribution in [-0.2, 0) is 11.4 Å². The first kappa shape index (κ1) is 24.6. The van der Waals surface area contributed by atoms with E-state index in [1.807, 2.05) is 13.0 Å². The Kier molecular flexibility index (Phi) is 7.80. The Bertz CT molecular complexity index is 1300. The van der Waals surface area contributed by atoms with Crippen molar-refractivity contribution in [3.05, 3.63) is 91.1 Å². The second kappa shape index (κ2) is 10.8. The highest BCUT2D eigenvalue weighted by molar-refractivity contribution is 14.1. The van der Waals surface area contributed by atoms with E-state index in [1.165, 1.54) is 6.07 Å². The monoisotopic (exact) mass is 609 g/mol. The van der Waals surface area contributed by atoms with E-state index in [4.69, 9.17) is 21.1 Å². The maximum atomic E-state index is 14.0. The second-order valence-electron chi connectivity index (χ2n) is 7.14. The Morgan fingerprint density at radius 2 is 1.88 bits per heavy atom. The zero-order chi connectivity index (χ0) is 24.2. The summed E-state index contributed by atoms with van der Waals surface area (Å²) < 4.78 is 26.4. The molecule has 0 atom stereocenters. The van der Waals surface area contributed by atoms with E-state index in [0.29, 0.717) is 39.9 Å². The summed E-state index contributed by atoms with van der Waals surface area (Å²) in [5.74, 6) is 0.175. The summed E-state index contributed by atoms with van der Waals surface area (Å²) in [7, 11) is 0. The lowest BCUT2D eigenvalue weighted by atomic mass is 10.1. The van der Waals surface area contributed by atoms with Crippen molar-refractivity contribution in [2.75, 3.05) is 11.5 Å². The van der Waals surface area contributed by atoms with Crippen molar-refractivity contribution >= 4 is 68.9 Å². The molecule has 1 heterocycles. The van der Waals surface area contributed by atoms with Crippen LogP contribution >= 0.6 is 46.0 Å². The molecular weight excluding hydrogens is 592 g/mol. The first-order valence-corrected chi connectivity index (χ1v) is 12.5. The third-order valence-electron chi connectivity index (χ3n) is 4.82. The van der Waals surface area contributed by atoms with Crippen molar-refractivity contribution in [3.63, 3.8) is 0 Å².